The number of anilines is 1. The third kappa shape index (κ3) is 3.79. The number of morpholine rings is 1. The van der Waals surface area contributed by atoms with Gasteiger partial charge in [0.15, 0.2) is 11.5 Å². The van der Waals surface area contributed by atoms with Gasteiger partial charge in [-0.05, 0) is 44.5 Å². The number of fused-ring (bicyclic) bond motifs is 3. The van der Waals surface area contributed by atoms with Gasteiger partial charge in [-0.1, -0.05) is 0 Å². The van der Waals surface area contributed by atoms with E-state index in [1.54, 1.807) is 7.11 Å². The van der Waals surface area contributed by atoms with Crippen LogP contribution in [0.2, 0.25) is 0 Å². The maximum atomic E-state index is 6.12. The van der Waals surface area contributed by atoms with Gasteiger partial charge >= 0.3 is 0 Å². The number of nitrogens with one attached hydrogen (secondary N) is 1. The molecule has 0 bridgehead atoms. The molecular formula is C23H30N4O3. The number of aromatic amines is 1. The Morgan fingerprint density at radius 1 is 1.07 bits per heavy atom. The van der Waals surface area contributed by atoms with Gasteiger partial charge in [0.2, 0.25) is 0 Å². The molecule has 0 aliphatic carbocycles. The number of hydrogen-bond donors (Lipinski definition) is 1. The van der Waals surface area contributed by atoms with Crippen LogP contribution in [0.1, 0.15) is 19.3 Å². The van der Waals surface area contributed by atoms with Gasteiger partial charge in [-0.2, -0.15) is 0 Å². The summed E-state index contributed by atoms with van der Waals surface area (Å²) in [6.07, 6.45) is 5.55. The molecule has 0 saturated carbocycles. The highest BCUT2D eigenvalue weighted by Crippen LogP contribution is 2.39. The first-order valence-corrected chi connectivity index (χ1v) is 11.0. The first kappa shape index (κ1) is 19.5. The Bertz CT molecular complexity index is 1010. The summed E-state index contributed by atoms with van der Waals surface area (Å²) in [5, 5.41) is 2.24. The van der Waals surface area contributed by atoms with Gasteiger partial charge in [-0.3, -0.25) is 0 Å². The predicted octanol–water partition coefficient (Wildman–Crippen LogP) is 3.43. The first-order chi connectivity index (χ1) is 14.8. The average molecular weight is 411 g/mol. The lowest BCUT2D eigenvalue weighted by Crippen LogP contribution is -2.36. The molecule has 0 radical (unpaired) electrons. The molecule has 2 saturated heterocycles. The van der Waals surface area contributed by atoms with Crippen LogP contribution in [0.4, 0.5) is 5.82 Å². The molecule has 4 heterocycles. The van der Waals surface area contributed by atoms with E-state index in [0.717, 1.165) is 78.4 Å². The normalized spacial score (nSPS) is 17.8. The van der Waals surface area contributed by atoms with E-state index in [-0.39, 0.29) is 0 Å². The fraction of sp³-hybridized carbons (Fsp3) is 0.522. The molecule has 0 amide bonds. The number of nitrogens with zero attached hydrogens (tertiary/aromatic N) is 3. The standard InChI is InChI=1S/C23H30N4O3/c1-28-20-15-17-19(16-21(20)30-12-4-9-26-7-2-3-8-26)25-18-5-6-24-23(22(17)18)27-10-13-29-14-11-27/h5-6,15-16,25H,2-4,7-14H2,1H3. The summed E-state index contributed by atoms with van der Waals surface area (Å²) in [5.41, 5.74) is 2.12. The zero-order valence-corrected chi connectivity index (χ0v) is 17.7. The van der Waals surface area contributed by atoms with Crippen LogP contribution in [-0.4, -0.2) is 74.5 Å². The highest BCUT2D eigenvalue weighted by Gasteiger charge is 2.20. The van der Waals surface area contributed by atoms with Crippen molar-refractivity contribution in [1.82, 2.24) is 14.9 Å². The van der Waals surface area contributed by atoms with Crippen molar-refractivity contribution in [3.63, 3.8) is 0 Å². The van der Waals surface area contributed by atoms with Crippen molar-refractivity contribution >= 4 is 27.6 Å². The molecule has 7 heteroatoms. The third-order valence-corrected chi connectivity index (χ3v) is 6.16. The van der Waals surface area contributed by atoms with Crippen molar-refractivity contribution < 1.29 is 14.2 Å². The number of H-pyrrole nitrogens is 1. The quantitative estimate of drug-likeness (QED) is 0.602. The summed E-state index contributed by atoms with van der Waals surface area (Å²) in [6.45, 7) is 7.43. The van der Waals surface area contributed by atoms with Gasteiger partial charge in [0.1, 0.15) is 5.82 Å². The molecule has 1 aromatic carbocycles. The van der Waals surface area contributed by atoms with E-state index < -0.39 is 0 Å². The summed E-state index contributed by atoms with van der Waals surface area (Å²) in [5.74, 6) is 2.56. The molecule has 7 nitrogen and oxygen atoms in total. The molecular weight excluding hydrogens is 380 g/mol. The number of likely N-dealkylation sites (tertiary alicyclic amines) is 1. The monoisotopic (exact) mass is 410 g/mol. The lowest BCUT2D eigenvalue weighted by atomic mass is 10.1. The fourth-order valence-electron chi connectivity index (χ4n) is 4.60. The number of hydrogen-bond acceptors (Lipinski definition) is 6. The first-order valence-electron chi connectivity index (χ1n) is 11.0. The molecule has 0 atom stereocenters. The van der Waals surface area contributed by atoms with Gasteiger partial charge in [-0.15, -0.1) is 0 Å². The number of ether oxygens (including phenoxy) is 3. The molecule has 0 spiro atoms. The molecule has 0 unspecified atom stereocenters. The van der Waals surface area contributed by atoms with E-state index in [9.17, 15) is 0 Å². The number of aromatic nitrogens is 2. The Morgan fingerprint density at radius 3 is 2.70 bits per heavy atom. The predicted molar refractivity (Wildman–Crippen MR) is 119 cm³/mol. The maximum Gasteiger partial charge on any atom is 0.163 e. The number of benzene rings is 1. The topological polar surface area (TPSA) is 62.9 Å². The van der Waals surface area contributed by atoms with Gasteiger partial charge in [0.05, 0.1) is 43.4 Å². The molecule has 2 aromatic heterocycles. The second kappa shape index (κ2) is 8.70. The van der Waals surface area contributed by atoms with E-state index in [0.29, 0.717) is 6.61 Å². The van der Waals surface area contributed by atoms with Crippen molar-refractivity contribution in [3.8, 4) is 11.5 Å². The van der Waals surface area contributed by atoms with Crippen molar-refractivity contribution in [1.29, 1.82) is 0 Å². The summed E-state index contributed by atoms with van der Waals surface area (Å²) >= 11 is 0. The molecule has 5 rings (SSSR count). The van der Waals surface area contributed by atoms with E-state index in [1.807, 2.05) is 12.3 Å². The molecule has 30 heavy (non-hydrogen) atoms. The largest absolute Gasteiger partial charge is 0.493 e. The molecule has 3 aromatic rings. The number of rotatable bonds is 7. The molecule has 2 aliphatic rings. The smallest absolute Gasteiger partial charge is 0.163 e. The Hall–Kier alpha value is -2.51. The Morgan fingerprint density at radius 2 is 1.90 bits per heavy atom. The SMILES string of the molecule is COc1cc2c(cc1OCCCN1CCCC1)[nH]c1ccnc(N3CCOCC3)c12. The molecule has 160 valence electrons. The summed E-state index contributed by atoms with van der Waals surface area (Å²) in [6, 6.07) is 6.17. The van der Waals surface area contributed by atoms with Gasteiger partial charge < -0.3 is 29.0 Å². The lowest BCUT2D eigenvalue weighted by Gasteiger charge is -2.28. The van der Waals surface area contributed by atoms with Crippen LogP contribution in [0.25, 0.3) is 21.8 Å². The third-order valence-electron chi connectivity index (χ3n) is 6.16. The highest BCUT2D eigenvalue weighted by atomic mass is 16.5. The van der Waals surface area contributed by atoms with E-state index in [4.69, 9.17) is 19.2 Å². The minimum atomic E-state index is 0.694. The van der Waals surface area contributed by atoms with Crippen LogP contribution in [0.15, 0.2) is 24.4 Å². The highest BCUT2D eigenvalue weighted by molar-refractivity contribution is 6.13. The Balaban J connectivity index is 1.42. The molecule has 2 aliphatic heterocycles. The molecule has 1 N–H and O–H groups in total. The Kier molecular flexibility index (Phi) is 5.64. The fourth-order valence-corrected chi connectivity index (χ4v) is 4.60. The number of methoxy groups -OCH3 is 1. The number of pyridine rings is 1. The van der Waals surface area contributed by atoms with E-state index in [2.05, 4.69) is 26.9 Å². The second-order valence-electron chi connectivity index (χ2n) is 8.08. The van der Waals surface area contributed by atoms with Crippen LogP contribution in [0, 0.1) is 0 Å². The van der Waals surface area contributed by atoms with Crippen LogP contribution < -0.4 is 14.4 Å². The van der Waals surface area contributed by atoms with Gasteiger partial charge in [0, 0.05) is 37.3 Å². The van der Waals surface area contributed by atoms with Crippen LogP contribution in [0.5, 0.6) is 11.5 Å². The average Bonchev–Trinajstić information content (AvgIpc) is 3.43. The van der Waals surface area contributed by atoms with Crippen LogP contribution >= 0.6 is 0 Å². The summed E-state index contributed by atoms with van der Waals surface area (Å²) in [7, 11) is 1.70. The van der Waals surface area contributed by atoms with Crippen molar-refractivity contribution in [2.45, 2.75) is 19.3 Å². The molecule has 2 fully saturated rings. The second-order valence-corrected chi connectivity index (χ2v) is 8.08. The summed E-state index contributed by atoms with van der Waals surface area (Å²) < 4.78 is 17.3. The van der Waals surface area contributed by atoms with Gasteiger partial charge in [0.25, 0.3) is 0 Å². The van der Waals surface area contributed by atoms with E-state index in [1.165, 1.54) is 25.9 Å². The zero-order valence-electron chi connectivity index (χ0n) is 17.7. The Labute approximate surface area is 176 Å². The van der Waals surface area contributed by atoms with Crippen molar-refractivity contribution in [2.75, 3.05) is 64.6 Å². The maximum absolute atomic E-state index is 6.12. The zero-order chi connectivity index (χ0) is 20.3. The minimum absolute atomic E-state index is 0.694. The van der Waals surface area contributed by atoms with E-state index >= 15 is 0 Å². The summed E-state index contributed by atoms with van der Waals surface area (Å²) in [4.78, 5) is 13.1. The van der Waals surface area contributed by atoms with Crippen LogP contribution in [0.3, 0.4) is 0 Å². The minimum Gasteiger partial charge on any atom is -0.493 e. The van der Waals surface area contributed by atoms with Crippen molar-refractivity contribution in [3.05, 3.63) is 24.4 Å². The van der Waals surface area contributed by atoms with Crippen LogP contribution in [-0.2, 0) is 4.74 Å². The van der Waals surface area contributed by atoms with Crippen molar-refractivity contribution in [2.24, 2.45) is 0 Å². The van der Waals surface area contributed by atoms with Gasteiger partial charge in [-0.25, -0.2) is 4.98 Å². The lowest BCUT2D eigenvalue weighted by molar-refractivity contribution is 0.122.